The lowest BCUT2D eigenvalue weighted by Crippen LogP contribution is -3.00. The largest absolute Gasteiger partial charge is 1.00 e. The minimum Gasteiger partial charge on any atom is -1.00 e. The summed E-state index contributed by atoms with van der Waals surface area (Å²) in [6, 6.07) is 14.2. The molecule has 0 atom stereocenters. The fourth-order valence-corrected chi connectivity index (χ4v) is 3.59. The van der Waals surface area contributed by atoms with Crippen molar-refractivity contribution in [1.29, 1.82) is 0 Å². The molecule has 4 nitrogen and oxygen atoms in total. The highest BCUT2D eigenvalue weighted by Crippen LogP contribution is 2.34. The van der Waals surface area contributed by atoms with Crippen LogP contribution >= 0.6 is 11.3 Å². The number of hydrogen-bond donors (Lipinski definition) is 0. The van der Waals surface area contributed by atoms with Gasteiger partial charge in [0.2, 0.25) is 0 Å². The molecule has 0 fully saturated rings. The molecule has 0 saturated heterocycles. The van der Waals surface area contributed by atoms with E-state index in [1.54, 1.807) is 25.6 Å². The molecule has 2 heterocycles. The summed E-state index contributed by atoms with van der Waals surface area (Å²) in [6.45, 7) is 0. The van der Waals surface area contributed by atoms with Gasteiger partial charge in [-0.2, -0.15) is 0 Å². The second kappa shape index (κ2) is 6.22. The summed E-state index contributed by atoms with van der Waals surface area (Å²) >= 11 is 1.69. The number of methoxy groups -OCH3 is 2. The summed E-state index contributed by atoms with van der Waals surface area (Å²) in [5.74, 6) is 1.43. The molecular formula is C17H14BrN2O2S-. The second-order valence-electron chi connectivity index (χ2n) is 4.92. The van der Waals surface area contributed by atoms with Gasteiger partial charge < -0.3 is 26.5 Å². The maximum Gasteiger partial charge on any atom is 0.195 e. The Balaban J connectivity index is 0.00000156. The van der Waals surface area contributed by atoms with E-state index in [2.05, 4.69) is 22.7 Å². The Hall–Kier alpha value is -2.05. The molecule has 23 heavy (non-hydrogen) atoms. The van der Waals surface area contributed by atoms with E-state index in [0.29, 0.717) is 5.75 Å². The molecule has 0 saturated carbocycles. The molecule has 0 unspecified atom stereocenters. The minimum absolute atomic E-state index is 0. The van der Waals surface area contributed by atoms with Crippen molar-refractivity contribution in [3.05, 3.63) is 48.7 Å². The zero-order valence-electron chi connectivity index (χ0n) is 12.6. The molecule has 6 heteroatoms. The van der Waals surface area contributed by atoms with Crippen molar-refractivity contribution < 1.29 is 26.5 Å². The number of halogens is 1. The molecular weight excluding hydrogens is 376 g/mol. The van der Waals surface area contributed by atoms with Crippen molar-refractivity contribution in [3.63, 3.8) is 0 Å². The van der Waals surface area contributed by atoms with Crippen LogP contribution in [0.15, 0.2) is 48.7 Å². The number of fused-ring (bicyclic) bond motifs is 3. The van der Waals surface area contributed by atoms with E-state index in [-0.39, 0.29) is 17.0 Å². The van der Waals surface area contributed by atoms with Crippen molar-refractivity contribution in [1.82, 2.24) is 9.38 Å². The topological polar surface area (TPSA) is 35.8 Å². The zero-order chi connectivity index (χ0) is 15.1. The van der Waals surface area contributed by atoms with Gasteiger partial charge in [-0.3, -0.25) is 4.40 Å². The van der Waals surface area contributed by atoms with Crippen molar-refractivity contribution in [2.75, 3.05) is 14.2 Å². The van der Waals surface area contributed by atoms with Crippen LogP contribution in [0.4, 0.5) is 0 Å². The highest BCUT2D eigenvalue weighted by Gasteiger charge is 2.12. The second-order valence-corrected chi connectivity index (χ2v) is 5.93. The van der Waals surface area contributed by atoms with E-state index in [1.165, 1.54) is 10.2 Å². The average Bonchev–Trinajstić information content (AvgIpc) is 3.12. The van der Waals surface area contributed by atoms with E-state index in [4.69, 9.17) is 14.5 Å². The zero-order valence-corrected chi connectivity index (χ0v) is 15.0. The van der Waals surface area contributed by atoms with Gasteiger partial charge in [-0.15, -0.1) is 0 Å². The van der Waals surface area contributed by atoms with Gasteiger partial charge in [0, 0.05) is 11.8 Å². The minimum atomic E-state index is 0. The Morgan fingerprint density at radius 3 is 2.57 bits per heavy atom. The lowest BCUT2D eigenvalue weighted by atomic mass is 10.1. The molecule has 2 aromatic heterocycles. The third-order valence-corrected chi connectivity index (χ3v) is 4.71. The summed E-state index contributed by atoms with van der Waals surface area (Å²) < 4.78 is 14.0. The summed E-state index contributed by atoms with van der Waals surface area (Å²) in [5.41, 5.74) is 3.12. The van der Waals surface area contributed by atoms with Crippen molar-refractivity contribution in [3.8, 4) is 22.8 Å². The quantitative estimate of drug-likeness (QED) is 0.528. The standard InChI is InChI=1S/C17H14N2O2S.BrH/c1-20-14-8-7-11(9-15(14)21-2)12-10-19-13-5-3-4-6-16(13)22-17(19)18-12;/h3-10H,1-2H3;1H/p-1. The molecule has 0 N–H and O–H groups in total. The highest BCUT2D eigenvalue weighted by molar-refractivity contribution is 7.23. The van der Waals surface area contributed by atoms with Gasteiger partial charge in [-0.05, 0) is 30.3 Å². The number of para-hydroxylation sites is 1. The van der Waals surface area contributed by atoms with Gasteiger partial charge in [0.25, 0.3) is 0 Å². The van der Waals surface area contributed by atoms with Crippen LogP contribution in [0, 0.1) is 0 Å². The van der Waals surface area contributed by atoms with Gasteiger partial charge >= 0.3 is 0 Å². The maximum atomic E-state index is 5.37. The Labute approximate surface area is 148 Å². The van der Waals surface area contributed by atoms with Gasteiger partial charge in [0.05, 0.1) is 30.1 Å². The summed E-state index contributed by atoms with van der Waals surface area (Å²) in [7, 11) is 3.27. The van der Waals surface area contributed by atoms with Crippen LogP contribution in [-0.4, -0.2) is 23.6 Å². The van der Waals surface area contributed by atoms with Crippen LogP contribution in [0.5, 0.6) is 11.5 Å². The number of aromatic nitrogens is 2. The first-order valence-electron chi connectivity index (χ1n) is 6.89. The van der Waals surface area contributed by atoms with Crippen molar-refractivity contribution >= 4 is 26.5 Å². The average molecular weight is 390 g/mol. The number of thiazole rings is 1. The fraction of sp³-hybridized carbons (Fsp3) is 0.118. The fourth-order valence-electron chi connectivity index (χ4n) is 2.58. The van der Waals surface area contributed by atoms with E-state index in [1.807, 2.05) is 30.3 Å². The van der Waals surface area contributed by atoms with Gasteiger partial charge in [0.1, 0.15) is 0 Å². The third-order valence-electron chi connectivity index (χ3n) is 3.68. The van der Waals surface area contributed by atoms with Gasteiger partial charge in [-0.25, -0.2) is 4.98 Å². The van der Waals surface area contributed by atoms with Crippen LogP contribution in [0.2, 0.25) is 0 Å². The lowest BCUT2D eigenvalue weighted by molar-refractivity contribution is -0.00000483. The number of nitrogens with zero attached hydrogens (tertiary/aromatic N) is 2. The number of imidazole rings is 1. The Morgan fingerprint density at radius 2 is 1.78 bits per heavy atom. The maximum absolute atomic E-state index is 5.37. The van der Waals surface area contributed by atoms with E-state index in [0.717, 1.165) is 22.0 Å². The smallest absolute Gasteiger partial charge is 0.195 e. The number of rotatable bonds is 3. The van der Waals surface area contributed by atoms with Crippen LogP contribution in [0.25, 0.3) is 26.4 Å². The van der Waals surface area contributed by atoms with Crippen LogP contribution in [0.1, 0.15) is 0 Å². The summed E-state index contributed by atoms with van der Waals surface area (Å²) in [6.07, 6.45) is 2.06. The normalized spacial score (nSPS) is 10.7. The van der Waals surface area contributed by atoms with Crippen molar-refractivity contribution in [2.45, 2.75) is 0 Å². The number of benzene rings is 2. The SMILES string of the molecule is COc1ccc(-c2cn3c(n2)sc2ccccc23)cc1OC.[Br-]. The monoisotopic (exact) mass is 389 g/mol. The van der Waals surface area contributed by atoms with Gasteiger partial charge in [0.15, 0.2) is 16.5 Å². The summed E-state index contributed by atoms with van der Waals surface area (Å²) in [4.78, 5) is 5.73. The molecule has 0 amide bonds. The summed E-state index contributed by atoms with van der Waals surface area (Å²) in [5, 5.41) is 0. The van der Waals surface area contributed by atoms with E-state index >= 15 is 0 Å². The molecule has 0 aliphatic carbocycles. The molecule has 0 aliphatic heterocycles. The lowest BCUT2D eigenvalue weighted by Gasteiger charge is -2.08. The Kier molecular flexibility index (Phi) is 4.28. The first-order chi connectivity index (χ1) is 10.8. The predicted molar refractivity (Wildman–Crippen MR) is 89.1 cm³/mol. The Morgan fingerprint density at radius 1 is 1.00 bits per heavy atom. The molecule has 0 radical (unpaired) electrons. The molecule has 0 aliphatic rings. The molecule has 2 aromatic carbocycles. The van der Waals surface area contributed by atoms with Crippen LogP contribution in [0.3, 0.4) is 0 Å². The molecule has 4 aromatic rings. The van der Waals surface area contributed by atoms with Crippen LogP contribution in [-0.2, 0) is 0 Å². The highest BCUT2D eigenvalue weighted by atomic mass is 79.9. The molecule has 118 valence electrons. The first kappa shape index (κ1) is 15.8. The molecule has 0 bridgehead atoms. The first-order valence-corrected chi connectivity index (χ1v) is 7.71. The van der Waals surface area contributed by atoms with Crippen LogP contribution < -0.4 is 26.5 Å². The van der Waals surface area contributed by atoms with Gasteiger partial charge in [-0.1, -0.05) is 23.5 Å². The van der Waals surface area contributed by atoms with E-state index < -0.39 is 0 Å². The predicted octanol–water partition coefficient (Wildman–Crippen LogP) is 1.24. The molecule has 4 rings (SSSR count). The van der Waals surface area contributed by atoms with Crippen molar-refractivity contribution in [2.24, 2.45) is 0 Å². The van der Waals surface area contributed by atoms with E-state index in [9.17, 15) is 0 Å². The molecule has 0 spiro atoms. The Bertz CT molecular complexity index is 977. The third kappa shape index (κ3) is 2.58. The number of hydrogen-bond acceptors (Lipinski definition) is 4. The number of ether oxygens (including phenoxy) is 2.